The van der Waals surface area contributed by atoms with E-state index in [2.05, 4.69) is 22.1 Å². The molecule has 1 saturated heterocycles. The quantitative estimate of drug-likeness (QED) is 0.876. The van der Waals surface area contributed by atoms with Crippen LogP contribution in [0.3, 0.4) is 0 Å². The topological polar surface area (TPSA) is 28.2 Å². The van der Waals surface area contributed by atoms with Crippen LogP contribution in [0.4, 0.5) is 14.6 Å². The normalized spacial score (nSPS) is 18.3. The zero-order chi connectivity index (χ0) is 12.3. The van der Waals surface area contributed by atoms with Crippen LogP contribution in [0.5, 0.6) is 0 Å². The third-order valence-corrected chi connectivity index (χ3v) is 3.14. The number of likely N-dealkylation sites (tertiary alicyclic amines) is 1. The van der Waals surface area contributed by atoms with Crippen LogP contribution in [-0.2, 0) is 0 Å². The first kappa shape index (κ1) is 12.2. The second-order valence-corrected chi connectivity index (χ2v) is 4.46. The van der Waals surface area contributed by atoms with Crippen molar-refractivity contribution in [2.75, 3.05) is 25.0 Å². The first-order valence-electron chi connectivity index (χ1n) is 5.96. The number of anilines is 1. The predicted octanol–water partition coefficient (Wildman–Crippen LogP) is 2.26. The van der Waals surface area contributed by atoms with E-state index < -0.39 is 11.6 Å². The monoisotopic (exact) mass is 241 g/mol. The molecule has 17 heavy (non-hydrogen) atoms. The van der Waals surface area contributed by atoms with Crippen LogP contribution < -0.4 is 5.32 Å². The van der Waals surface area contributed by atoms with Gasteiger partial charge in [0.15, 0.2) is 11.6 Å². The summed E-state index contributed by atoms with van der Waals surface area (Å²) in [5, 5.41) is 2.92. The van der Waals surface area contributed by atoms with Crippen molar-refractivity contribution in [2.24, 2.45) is 0 Å². The van der Waals surface area contributed by atoms with Gasteiger partial charge in [0.05, 0.1) is 6.20 Å². The van der Waals surface area contributed by atoms with Gasteiger partial charge in [-0.3, -0.25) is 4.90 Å². The molecular formula is C12H17F2N3. The van der Waals surface area contributed by atoms with Crippen molar-refractivity contribution in [3.8, 4) is 0 Å². The molecule has 1 fully saturated rings. The molecule has 2 rings (SSSR count). The summed E-state index contributed by atoms with van der Waals surface area (Å²) in [5.41, 5.74) is 0. The molecule has 3 nitrogen and oxygen atoms in total. The molecule has 1 atom stereocenters. The molecule has 1 aromatic rings. The third-order valence-electron chi connectivity index (χ3n) is 3.14. The van der Waals surface area contributed by atoms with Gasteiger partial charge in [-0.05, 0) is 32.9 Å². The van der Waals surface area contributed by atoms with Gasteiger partial charge in [-0.2, -0.15) is 0 Å². The van der Waals surface area contributed by atoms with Gasteiger partial charge >= 0.3 is 0 Å². The smallest absolute Gasteiger partial charge is 0.168 e. The van der Waals surface area contributed by atoms with Crippen LogP contribution in [0, 0.1) is 11.6 Å². The van der Waals surface area contributed by atoms with Crippen molar-refractivity contribution in [1.82, 2.24) is 9.88 Å². The van der Waals surface area contributed by atoms with Gasteiger partial charge in [-0.15, -0.1) is 0 Å². The predicted molar refractivity (Wildman–Crippen MR) is 62.9 cm³/mol. The zero-order valence-corrected chi connectivity index (χ0v) is 9.92. The van der Waals surface area contributed by atoms with Gasteiger partial charge < -0.3 is 5.32 Å². The molecule has 0 aliphatic carbocycles. The minimum atomic E-state index is -0.652. The van der Waals surface area contributed by atoms with Crippen molar-refractivity contribution in [2.45, 2.75) is 25.8 Å². The number of halogens is 2. The van der Waals surface area contributed by atoms with Crippen molar-refractivity contribution in [1.29, 1.82) is 0 Å². The highest BCUT2D eigenvalue weighted by atomic mass is 19.1. The summed E-state index contributed by atoms with van der Waals surface area (Å²) in [5.74, 6) is -1.17. The number of rotatable bonds is 4. The van der Waals surface area contributed by atoms with Crippen LogP contribution >= 0.6 is 0 Å². The fourth-order valence-electron chi connectivity index (χ4n) is 2.10. The third kappa shape index (κ3) is 3.12. The molecule has 1 N–H and O–H groups in total. The second-order valence-electron chi connectivity index (χ2n) is 4.46. The molecule has 1 unspecified atom stereocenters. The van der Waals surface area contributed by atoms with Crippen molar-refractivity contribution >= 4 is 5.82 Å². The molecule has 0 spiro atoms. The van der Waals surface area contributed by atoms with E-state index in [0.717, 1.165) is 25.4 Å². The van der Waals surface area contributed by atoms with E-state index in [4.69, 9.17) is 0 Å². The first-order chi connectivity index (χ1) is 8.16. The molecule has 0 saturated carbocycles. The highest BCUT2D eigenvalue weighted by molar-refractivity contribution is 5.35. The van der Waals surface area contributed by atoms with Crippen molar-refractivity contribution in [3.05, 3.63) is 23.9 Å². The van der Waals surface area contributed by atoms with E-state index in [-0.39, 0.29) is 5.82 Å². The molecule has 1 aromatic heterocycles. The lowest BCUT2D eigenvalue weighted by Gasteiger charge is -2.24. The van der Waals surface area contributed by atoms with Crippen molar-refractivity contribution in [3.63, 3.8) is 0 Å². The maximum absolute atomic E-state index is 13.3. The van der Waals surface area contributed by atoms with Crippen LogP contribution in [0.25, 0.3) is 0 Å². The van der Waals surface area contributed by atoms with Crippen molar-refractivity contribution < 1.29 is 8.78 Å². The average molecular weight is 241 g/mol. The Kier molecular flexibility index (Phi) is 3.89. The highest BCUT2D eigenvalue weighted by Gasteiger charge is 2.18. The zero-order valence-electron chi connectivity index (χ0n) is 9.92. The lowest BCUT2D eigenvalue weighted by molar-refractivity contribution is 0.269. The summed E-state index contributed by atoms with van der Waals surface area (Å²) < 4.78 is 26.0. The van der Waals surface area contributed by atoms with Gasteiger partial charge in [-0.1, -0.05) is 0 Å². The van der Waals surface area contributed by atoms with E-state index >= 15 is 0 Å². The van der Waals surface area contributed by atoms with E-state index in [0.29, 0.717) is 12.6 Å². The standard InChI is InChI=1S/C12H17F2N3/c1-9(17-4-2-3-5-17)7-15-12-11(14)6-10(13)8-16-12/h6,8-9H,2-5,7H2,1H3,(H,15,16). The minimum Gasteiger partial charge on any atom is -0.366 e. The Morgan fingerprint density at radius 1 is 1.41 bits per heavy atom. The average Bonchev–Trinajstić information content (AvgIpc) is 2.81. The fourth-order valence-corrected chi connectivity index (χ4v) is 2.10. The molecule has 2 heterocycles. The van der Waals surface area contributed by atoms with E-state index in [9.17, 15) is 8.78 Å². The molecule has 94 valence electrons. The van der Waals surface area contributed by atoms with Gasteiger partial charge in [-0.25, -0.2) is 13.8 Å². The lowest BCUT2D eigenvalue weighted by atomic mass is 10.3. The Morgan fingerprint density at radius 3 is 2.76 bits per heavy atom. The second kappa shape index (κ2) is 5.40. The Labute approximate surface area is 99.8 Å². The van der Waals surface area contributed by atoms with Gasteiger partial charge in [0, 0.05) is 18.7 Å². The van der Waals surface area contributed by atoms with E-state index in [1.807, 2.05) is 0 Å². The van der Waals surface area contributed by atoms with E-state index in [1.165, 1.54) is 12.8 Å². The first-order valence-corrected chi connectivity index (χ1v) is 5.96. The number of aromatic nitrogens is 1. The maximum Gasteiger partial charge on any atom is 0.168 e. The summed E-state index contributed by atoms with van der Waals surface area (Å²) in [7, 11) is 0. The summed E-state index contributed by atoms with van der Waals surface area (Å²) in [6, 6.07) is 1.18. The van der Waals surface area contributed by atoms with Crippen LogP contribution in [0.2, 0.25) is 0 Å². The highest BCUT2D eigenvalue weighted by Crippen LogP contribution is 2.14. The van der Waals surface area contributed by atoms with Gasteiger partial charge in [0.2, 0.25) is 0 Å². The van der Waals surface area contributed by atoms with Crippen LogP contribution in [0.1, 0.15) is 19.8 Å². The minimum absolute atomic E-state index is 0.123. The summed E-state index contributed by atoms with van der Waals surface area (Å²) in [4.78, 5) is 6.05. The fraction of sp³-hybridized carbons (Fsp3) is 0.583. The number of pyridine rings is 1. The SMILES string of the molecule is CC(CNc1ncc(F)cc1F)N1CCCC1. The summed E-state index contributed by atoms with van der Waals surface area (Å²) >= 11 is 0. The van der Waals surface area contributed by atoms with Crippen LogP contribution in [-0.4, -0.2) is 35.6 Å². The number of hydrogen-bond acceptors (Lipinski definition) is 3. The molecule has 1 aliphatic heterocycles. The number of hydrogen-bond donors (Lipinski definition) is 1. The van der Waals surface area contributed by atoms with Gasteiger partial charge in [0.25, 0.3) is 0 Å². The summed E-state index contributed by atoms with van der Waals surface area (Å²) in [6.45, 7) is 4.92. The molecule has 0 aromatic carbocycles. The molecular weight excluding hydrogens is 224 g/mol. The number of nitrogens with one attached hydrogen (secondary N) is 1. The molecule has 5 heteroatoms. The lowest BCUT2D eigenvalue weighted by Crippen LogP contribution is -2.35. The Hall–Kier alpha value is -1.23. The molecule has 1 aliphatic rings. The molecule has 0 radical (unpaired) electrons. The largest absolute Gasteiger partial charge is 0.366 e. The van der Waals surface area contributed by atoms with Crippen LogP contribution in [0.15, 0.2) is 12.3 Å². The molecule has 0 bridgehead atoms. The maximum atomic E-state index is 13.3. The summed E-state index contributed by atoms with van der Waals surface area (Å²) in [6.07, 6.45) is 3.48. The number of nitrogens with zero attached hydrogens (tertiary/aromatic N) is 2. The van der Waals surface area contributed by atoms with E-state index in [1.54, 1.807) is 0 Å². The Balaban J connectivity index is 1.88. The van der Waals surface area contributed by atoms with Gasteiger partial charge in [0.1, 0.15) is 5.82 Å². The Morgan fingerprint density at radius 2 is 2.12 bits per heavy atom. The molecule has 0 amide bonds. The Bertz CT molecular complexity index is 378.